The van der Waals surface area contributed by atoms with Crippen molar-refractivity contribution in [3.8, 4) is 23.0 Å². The molecule has 0 atom stereocenters. The average molecular weight is 561 g/mol. The van der Waals surface area contributed by atoms with Gasteiger partial charge in [0.15, 0.2) is 11.5 Å². The van der Waals surface area contributed by atoms with Crippen molar-refractivity contribution in [1.82, 2.24) is 10.6 Å². The SMILES string of the molecule is CCCOc1c(OCCC)c(OC(=O)NC2CCCCC2)c2cc(Cl)ccc2c1OC(=O)NC1CCCCC1. The fourth-order valence-corrected chi connectivity index (χ4v) is 5.47. The second-order valence-electron chi connectivity index (χ2n) is 10.4. The zero-order chi connectivity index (χ0) is 27.6. The Morgan fingerprint density at radius 1 is 0.718 bits per heavy atom. The molecule has 2 saturated carbocycles. The molecule has 2 N–H and O–H groups in total. The summed E-state index contributed by atoms with van der Waals surface area (Å²) in [6, 6.07) is 5.29. The van der Waals surface area contributed by atoms with Crippen LogP contribution >= 0.6 is 11.6 Å². The van der Waals surface area contributed by atoms with E-state index in [1.165, 1.54) is 12.8 Å². The second kappa shape index (κ2) is 14.5. The Morgan fingerprint density at radius 2 is 1.18 bits per heavy atom. The fraction of sp³-hybridized carbons (Fsp3) is 0.600. The molecule has 4 rings (SSSR count). The Kier molecular flexibility index (Phi) is 10.8. The van der Waals surface area contributed by atoms with Gasteiger partial charge in [-0.1, -0.05) is 64.0 Å². The second-order valence-corrected chi connectivity index (χ2v) is 10.9. The van der Waals surface area contributed by atoms with Crippen molar-refractivity contribution in [3.05, 3.63) is 23.2 Å². The van der Waals surface area contributed by atoms with Crippen molar-refractivity contribution in [3.63, 3.8) is 0 Å². The normalized spacial score (nSPS) is 16.5. The summed E-state index contributed by atoms with van der Waals surface area (Å²) in [5, 5.41) is 7.48. The Hall–Kier alpha value is -2.87. The topological polar surface area (TPSA) is 95.1 Å². The predicted molar refractivity (Wildman–Crippen MR) is 153 cm³/mol. The van der Waals surface area contributed by atoms with E-state index in [1.54, 1.807) is 18.2 Å². The number of benzene rings is 2. The van der Waals surface area contributed by atoms with Gasteiger partial charge in [-0.15, -0.1) is 0 Å². The number of carbonyl (C=O) groups excluding carboxylic acids is 2. The maximum atomic E-state index is 13.1. The Balaban J connectivity index is 1.75. The van der Waals surface area contributed by atoms with Crippen LogP contribution in [0.25, 0.3) is 10.8 Å². The first kappa shape index (κ1) is 29.1. The third kappa shape index (κ3) is 7.84. The molecule has 0 spiro atoms. The van der Waals surface area contributed by atoms with Crippen molar-refractivity contribution >= 4 is 34.6 Å². The molecule has 0 bridgehead atoms. The van der Waals surface area contributed by atoms with Gasteiger partial charge in [0.2, 0.25) is 11.5 Å². The molecule has 2 aliphatic carbocycles. The number of fused-ring (bicyclic) bond motifs is 1. The van der Waals surface area contributed by atoms with Crippen LogP contribution in [0.4, 0.5) is 9.59 Å². The fourth-order valence-electron chi connectivity index (χ4n) is 5.30. The lowest BCUT2D eigenvalue weighted by atomic mass is 9.96. The third-order valence-corrected chi connectivity index (χ3v) is 7.47. The Morgan fingerprint density at radius 3 is 1.64 bits per heavy atom. The first-order chi connectivity index (χ1) is 19.0. The smallest absolute Gasteiger partial charge is 0.412 e. The van der Waals surface area contributed by atoms with Crippen LogP contribution in [-0.2, 0) is 0 Å². The van der Waals surface area contributed by atoms with Gasteiger partial charge < -0.3 is 29.6 Å². The minimum Gasteiger partial charge on any atom is -0.486 e. The van der Waals surface area contributed by atoms with Crippen LogP contribution in [0.3, 0.4) is 0 Å². The predicted octanol–water partition coefficient (Wildman–Crippen LogP) is 7.91. The minimum absolute atomic E-state index is 0.0722. The molecule has 0 unspecified atom stereocenters. The van der Waals surface area contributed by atoms with Crippen molar-refractivity contribution in [1.29, 1.82) is 0 Å². The van der Waals surface area contributed by atoms with Crippen LogP contribution in [0.15, 0.2) is 18.2 Å². The molecule has 0 aromatic heterocycles. The van der Waals surface area contributed by atoms with Crippen LogP contribution in [-0.4, -0.2) is 37.5 Å². The van der Waals surface area contributed by atoms with Gasteiger partial charge in [0.05, 0.1) is 13.2 Å². The van der Waals surface area contributed by atoms with Crippen LogP contribution in [0.5, 0.6) is 23.0 Å². The summed E-state index contributed by atoms with van der Waals surface area (Å²) in [4.78, 5) is 26.2. The zero-order valence-corrected chi connectivity index (χ0v) is 23.9. The number of ether oxygens (including phenoxy) is 4. The highest BCUT2D eigenvalue weighted by molar-refractivity contribution is 6.31. The van der Waals surface area contributed by atoms with E-state index in [4.69, 9.17) is 30.5 Å². The maximum absolute atomic E-state index is 13.1. The first-order valence-corrected chi connectivity index (χ1v) is 14.9. The van der Waals surface area contributed by atoms with Crippen molar-refractivity contribution in [2.24, 2.45) is 0 Å². The van der Waals surface area contributed by atoms with E-state index in [0.29, 0.717) is 35.4 Å². The lowest BCUT2D eigenvalue weighted by molar-refractivity contribution is 0.183. The summed E-state index contributed by atoms with van der Waals surface area (Å²) in [5.41, 5.74) is 0. The summed E-state index contributed by atoms with van der Waals surface area (Å²) in [6.07, 6.45) is 10.7. The van der Waals surface area contributed by atoms with Crippen molar-refractivity contribution in [2.45, 2.75) is 103 Å². The molecule has 2 aromatic carbocycles. The molecular weight excluding hydrogens is 520 g/mol. The number of halogens is 1. The van der Waals surface area contributed by atoms with E-state index >= 15 is 0 Å². The largest absolute Gasteiger partial charge is 0.486 e. The number of hydrogen-bond acceptors (Lipinski definition) is 6. The number of hydrogen-bond donors (Lipinski definition) is 2. The monoisotopic (exact) mass is 560 g/mol. The molecule has 214 valence electrons. The molecule has 39 heavy (non-hydrogen) atoms. The standard InChI is InChI=1S/C30H41ClN2O6/c1-3-17-36-27-25(38-29(34)32-21-11-7-5-8-12-21)23-16-15-20(31)19-24(23)26(28(27)37-18-4-2)39-30(35)33-22-13-9-6-10-14-22/h15-16,19,21-22H,3-14,17-18H2,1-2H3,(H,32,34)(H,33,35). The van der Waals surface area contributed by atoms with E-state index in [-0.39, 0.29) is 35.1 Å². The van der Waals surface area contributed by atoms with Gasteiger partial charge in [0, 0.05) is 27.9 Å². The van der Waals surface area contributed by atoms with Crippen LogP contribution in [0.1, 0.15) is 90.9 Å². The Bertz CT molecular complexity index is 1130. The van der Waals surface area contributed by atoms with Crippen LogP contribution in [0.2, 0.25) is 5.02 Å². The van der Waals surface area contributed by atoms with Crippen molar-refractivity contribution in [2.75, 3.05) is 13.2 Å². The molecule has 9 heteroatoms. The molecule has 2 aromatic rings. The molecule has 0 heterocycles. The summed E-state index contributed by atoms with van der Waals surface area (Å²) in [5.74, 6) is 0.869. The highest BCUT2D eigenvalue weighted by Gasteiger charge is 2.29. The molecule has 2 aliphatic rings. The summed E-state index contributed by atoms with van der Waals surface area (Å²) < 4.78 is 24.2. The van der Waals surface area contributed by atoms with E-state index < -0.39 is 12.2 Å². The molecule has 2 amide bonds. The molecule has 2 fully saturated rings. The van der Waals surface area contributed by atoms with E-state index in [0.717, 1.165) is 57.8 Å². The summed E-state index contributed by atoms with van der Waals surface area (Å²) >= 11 is 6.40. The number of nitrogens with one attached hydrogen (secondary N) is 2. The number of carbonyl (C=O) groups is 2. The zero-order valence-electron chi connectivity index (χ0n) is 23.1. The number of amides is 2. The quantitative estimate of drug-likeness (QED) is 0.306. The first-order valence-electron chi connectivity index (χ1n) is 14.5. The van der Waals surface area contributed by atoms with Crippen molar-refractivity contribution < 1.29 is 28.5 Å². The van der Waals surface area contributed by atoms with Crippen LogP contribution < -0.4 is 29.6 Å². The van der Waals surface area contributed by atoms with Gasteiger partial charge in [-0.05, 0) is 56.7 Å². The summed E-state index contributed by atoms with van der Waals surface area (Å²) in [6.45, 7) is 4.67. The highest BCUT2D eigenvalue weighted by Crippen LogP contribution is 2.52. The van der Waals surface area contributed by atoms with Gasteiger partial charge in [-0.3, -0.25) is 0 Å². The van der Waals surface area contributed by atoms with Gasteiger partial charge in [0.25, 0.3) is 0 Å². The summed E-state index contributed by atoms with van der Waals surface area (Å²) in [7, 11) is 0. The van der Waals surface area contributed by atoms with E-state index in [1.807, 2.05) is 13.8 Å². The van der Waals surface area contributed by atoms with Gasteiger partial charge in [-0.2, -0.15) is 0 Å². The van der Waals surface area contributed by atoms with Crippen LogP contribution in [0, 0.1) is 0 Å². The lowest BCUT2D eigenvalue weighted by Gasteiger charge is -2.25. The molecule has 0 radical (unpaired) electrons. The highest BCUT2D eigenvalue weighted by atomic mass is 35.5. The molecule has 0 saturated heterocycles. The number of rotatable bonds is 10. The third-order valence-electron chi connectivity index (χ3n) is 7.23. The molecule has 8 nitrogen and oxygen atoms in total. The van der Waals surface area contributed by atoms with Gasteiger partial charge in [0.1, 0.15) is 0 Å². The van der Waals surface area contributed by atoms with E-state index in [9.17, 15) is 9.59 Å². The maximum Gasteiger partial charge on any atom is 0.412 e. The lowest BCUT2D eigenvalue weighted by Crippen LogP contribution is -2.38. The average Bonchev–Trinajstić information content (AvgIpc) is 2.93. The van der Waals surface area contributed by atoms with E-state index in [2.05, 4.69) is 10.6 Å². The van der Waals surface area contributed by atoms with Gasteiger partial charge >= 0.3 is 12.2 Å². The minimum atomic E-state index is -0.560. The molecule has 0 aliphatic heterocycles. The molecular formula is C30H41ClN2O6. The Labute approximate surface area is 236 Å². The van der Waals surface area contributed by atoms with Gasteiger partial charge in [-0.25, -0.2) is 9.59 Å².